The number of pyridine rings is 1. The SMILES string of the molecule is C[C@@H](O)c1cccnc1N(C)CC1(N(C)C)CCC1. The molecular formula is C15H25N3O. The maximum Gasteiger partial charge on any atom is 0.134 e. The van der Waals surface area contributed by atoms with E-state index in [1.54, 1.807) is 13.1 Å². The van der Waals surface area contributed by atoms with Crippen molar-refractivity contribution in [2.24, 2.45) is 0 Å². The van der Waals surface area contributed by atoms with Crippen molar-refractivity contribution in [1.82, 2.24) is 9.88 Å². The monoisotopic (exact) mass is 263 g/mol. The van der Waals surface area contributed by atoms with Crippen LogP contribution in [0.3, 0.4) is 0 Å². The topological polar surface area (TPSA) is 39.6 Å². The van der Waals surface area contributed by atoms with Gasteiger partial charge >= 0.3 is 0 Å². The van der Waals surface area contributed by atoms with Gasteiger partial charge in [0.15, 0.2) is 0 Å². The highest BCUT2D eigenvalue weighted by Gasteiger charge is 2.40. The molecule has 1 fully saturated rings. The number of aromatic nitrogens is 1. The molecule has 0 saturated heterocycles. The smallest absolute Gasteiger partial charge is 0.134 e. The molecule has 1 aliphatic rings. The Balaban J connectivity index is 2.18. The van der Waals surface area contributed by atoms with Crippen molar-refractivity contribution < 1.29 is 5.11 Å². The lowest BCUT2D eigenvalue weighted by Crippen LogP contribution is -2.57. The van der Waals surface area contributed by atoms with Gasteiger partial charge in [-0.25, -0.2) is 4.98 Å². The minimum absolute atomic E-state index is 0.266. The van der Waals surface area contributed by atoms with Crippen LogP contribution in [0, 0.1) is 0 Å². The highest BCUT2D eigenvalue weighted by atomic mass is 16.3. The molecule has 0 aromatic carbocycles. The molecule has 0 amide bonds. The van der Waals surface area contributed by atoms with E-state index in [4.69, 9.17) is 0 Å². The second-order valence-electron chi connectivity index (χ2n) is 5.92. The quantitative estimate of drug-likeness (QED) is 0.882. The van der Waals surface area contributed by atoms with E-state index in [0.717, 1.165) is 17.9 Å². The average Bonchev–Trinajstić information content (AvgIpc) is 2.33. The number of rotatable bonds is 5. The maximum absolute atomic E-state index is 9.86. The Kier molecular flexibility index (Phi) is 4.11. The predicted octanol–water partition coefficient (Wildman–Crippen LogP) is 2.06. The molecule has 19 heavy (non-hydrogen) atoms. The van der Waals surface area contributed by atoms with Gasteiger partial charge in [0.1, 0.15) is 5.82 Å². The Hall–Kier alpha value is -1.13. The predicted molar refractivity (Wildman–Crippen MR) is 78.4 cm³/mol. The zero-order valence-electron chi connectivity index (χ0n) is 12.4. The largest absolute Gasteiger partial charge is 0.389 e. The molecule has 0 bridgehead atoms. The van der Waals surface area contributed by atoms with Gasteiger partial charge in [-0.15, -0.1) is 0 Å². The van der Waals surface area contributed by atoms with Crippen molar-refractivity contribution in [2.75, 3.05) is 32.6 Å². The van der Waals surface area contributed by atoms with E-state index in [-0.39, 0.29) is 5.54 Å². The van der Waals surface area contributed by atoms with Crippen LogP contribution in [0.1, 0.15) is 37.9 Å². The second kappa shape index (κ2) is 5.47. The molecule has 0 spiro atoms. The van der Waals surface area contributed by atoms with E-state index in [1.165, 1.54) is 19.3 Å². The minimum Gasteiger partial charge on any atom is -0.389 e. The molecule has 0 aliphatic heterocycles. The molecular weight excluding hydrogens is 238 g/mol. The fourth-order valence-electron chi connectivity index (χ4n) is 2.90. The fourth-order valence-corrected chi connectivity index (χ4v) is 2.90. The van der Waals surface area contributed by atoms with Crippen molar-refractivity contribution in [1.29, 1.82) is 0 Å². The summed E-state index contributed by atoms with van der Waals surface area (Å²) in [5.41, 5.74) is 1.17. The van der Waals surface area contributed by atoms with Crippen LogP contribution < -0.4 is 4.90 Å². The summed E-state index contributed by atoms with van der Waals surface area (Å²) >= 11 is 0. The molecule has 2 rings (SSSR count). The lowest BCUT2D eigenvalue weighted by molar-refractivity contribution is 0.0680. The van der Waals surface area contributed by atoms with Crippen molar-refractivity contribution in [3.05, 3.63) is 23.9 Å². The van der Waals surface area contributed by atoms with E-state index in [0.29, 0.717) is 0 Å². The van der Waals surface area contributed by atoms with Crippen LogP contribution >= 0.6 is 0 Å². The van der Waals surface area contributed by atoms with Gasteiger partial charge in [-0.1, -0.05) is 6.07 Å². The first-order valence-electron chi connectivity index (χ1n) is 6.98. The summed E-state index contributed by atoms with van der Waals surface area (Å²) in [7, 11) is 6.37. The van der Waals surface area contributed by atoms with Crippen LogP contribution in [-0.2, 0) is 0 Å². The summed E-state index contributed by atoms with van der Waals surface area (Å²) in [6, 6.07) is 3.83. The number of aliphatic hydroxyl groups excluding tert-OH is 1. The third-order valence-corrected chi connectivity index (χ3v) is 4.39. The van der Waals surface area contributed by atoms with Crippen LogP contribution in [0.4, 0.5) is 5.82 Å². The highest BCUT2D eigenvalue weighted by molar-refractivity contribution is 5.47. The number of hydrogen-bond acceptors (Lipinski definition) is 4. The molecule has 106 valence electrons. The summed E-state index contributed by atoms with van der Waals surface area (Å²) in [6.45, 7) is 2.75. The first-order valence-corrected chi connectivity index (χ1v) is 6.98. The van der Waals surface area contributed by atoms with Gasteiger partial charge in [0.25, 0.3) is 0 Å². The van der Waals surface area contributed by atoms with E-state index in [1.807, 2.05) is 12.1 Å². The minimum atomic E-state index is -0.483. The normalized spacial score (nSPS) is 19.1. The molecule has 1 saturated carbocycles. The van der Waals surface area contributed by atoms with Crippen LogP contribution in [0.25, 0.3) is 0 Å². The van der Waals surface area contributed by atoms with Crippen molar-refractivity contribution in [2.45, 2.75) is 37.8 Å². The number of likely N-dealkylation sites (N-methyl/N-ethyl adjacent to an activating group) is 2. The summed E-state index contributed by atoms with van der Waals surface area (Å²) < 4.78 is 0. The van der Waals surface area contributed by atoms with Crippen molar-refractivity contribution in [3.8, 4) is 0 Å². The second-order valence-corrected chi connectivity index (χ2v) is 5.92. The first-order chi connectivity index (χ1) is 8.96. The van der Waals surface area contributed by atoms with Gasteiger partial charge in [-0.05, 0) is 46.3 Å². The van der Waals surface area contributed by atoms with Crippen LogP contribution in [0.15, 0.2) is 18.3 Å². The van der Waals surface area contributed by atoms with Gasteiger partial charge in [0.2, 0.25) is 0 Å². The van der Waals surface area contributed by atoms with Crippen LogP contribution in [0.5, 0.6) is 0 Å². The first kappa shape index (κ1) is 14.3. The summed E-state index contributed by atoms with van der Waals surface area (Å²) in [6.07, 6.45) is 5.09. The van der Waals surface area contributed by atoms with E-state index < -0.39 is 6.10 Å². The lowest BCUT2D eigenvalue weighted by atomic mass is 9.75. The van der Waals surface area contributed by atoms with Gasteiger partial charge in [-0.2, -0.15) is 0 Å². The van der Waals surface area contributed by atoms with E-state index in [9.17, 15) is 5.11 Å². The van der Waals surface area contributed by atoms with E-state index >= 15 is 0 Å². The molecule has 0 radical (unpaired) electrons. The van der Waals surface area contributed by atoms with Crippen LogP contribution in [0.2, 0.25) is 0 Å². The molecule has 1 aromatic heterocycles. The Bertz CT molecular complexity index is 427. The van der Waals surface area contributed by atoms with Gasteiger partial charge in [0, 0.05) is 30.9 Å². The van der Waals surface area contributed by atoms with Gasteiger partial charge in [-0.3, -0.25) is 0 Å². The molecule has 1 aliphatic carbocycles. The van der Waals surface area contributed by atoms with Crippen molar-refractivity contribution >= 4 is 5.82 Å². The lowest BCUT2D eigenvalue weighted by Gasteiger charge is -2.49. The van der Waals surface area contributed by atoms with Crippen LogP contribution in [-0.4, -0.2) is 48.2 Å². The molecule has 0 unspecified atom stereocenters. The zero-order valence-corrected chi connectivity index (χ0v) is 12.4. The molecule has 4 heteroatoms. The average molecular weight is 263 g/mol. The summed E-state index contributed by atoms with van der Waals surface area (Å²) in [5, 5.41) is 9.86. The summed E-state index contributed by atoms with van der Waals surface area (Å²) in [4.78, 5) is 8.96. The maximum atomic E-state index is 9.86. The van der Waals surface area contributed by atoms with Gasteiger partial charge < -0.3 is 14.9 Å². The zero-order chi connectivity index (χ0) is 14.0. The molecule has 1 atom stereocenters. The van der Waals surface area contributed by atoms with E-state index in [2.05, 4.69) is 35.9 Å². The Morgan fingerprint density at radius 2 is 2.05 bits per heavy atom. The Labute approximate surface area is 116 Å². The number of aliphatic hydroxyl groups is 1. The highest BCUT2D eigenvalue weighted by Crippen LogP contribution is 2.37. The number of hydrogen-bond donors (Lipinski definition) is 1. The third kappa shape index (κ3) is 2.74. The fraction of sp³-hybridized carbons (Fsp3) is 0.667. The Morgan fingerprint density at radius 3 is 2.53 bits per heavy atom. The van der Waals surface area contributed by atoms with Crippen molar-refractivity contribution in [3.63, 3.8) is 0 Å². The summed E-state index contributed by atoms with van der Waals surface area (Å²) in [5.74, 6) is 0.894. The molecule has 4 nitrogen and oxygen atoms in total. The third-order valence-electron chi connectivity index (χ3n) is 4.39. The Morgan fingerprint density at radius 1 is 1.37 bits per heavy atom. The number of nitrogens with zero attached hydrogens (tertiary/aromatic N) is 3. The standard InChI is InChI=1S/C15H25N3O/c1-12(19)13-7-5-10-16-14(13)18(4)11-15(17(2)3)8-6-9-15/h5,7,10,12,19H,6,8-9,11H2,1-4H3/t12-/m1/s1. The van der Waals surface area contributed by atoms with Gasteiger partial charge in [0.05, 0.1) is 6.10 Å². The molecule has 1 N–H and O–H groups in total. The molecule has 1 aromatic rings. The molecule has 1 heterocycles. The number of anilines is 1.